The molecule has 1 atom stereocenters. The Hall–Kier alpha value is -0.910. The molecule has 1 fully saturated rings. The maximum Gasteiger partial charge on any atom is 0.119 e. The third-order valence-electron chi connectivity index (χ3n) is 3.46. The van der Waals surface area contributed by atoms with E-state index in [0.29, 0.717) is 24.2 Å². The Morgan fingerprint density at radius 3 is 2.60 bits per heavy atom. The summed E-state index contributed by atoms with van der Waals surface area (Å²) < 4.78 is 23.0. The van der Waals surface area contributed by atoms with Crippen molar-refractivity contribution >= 4 is 10.8 Å². The molecule has 0 aromatic heterocycles. The molecular weight excluding hydrogens is 274 g/mol. The quantitative estimate of drug-likeness (QED) is 0.780. The van der Waals surface area contributed by atoms with Crippen LogP contribution in [0.25, 0.3) is 0 Å². The molecule has 0 aliphatic carbocycles. The summed E-state index contributed by atoms with van der Waals surface area (Å²) in [4.78, 5) is 0. The Bertz CT molecular complexity index is 416. The van der Waals surface area contributed by atoms with Crippen molar-refractivity contribution in [3.63, 3.8) is 0 Å². The molecule has 0 radical (unpaired) electrons. The van der Waals surface area contributed by atoms with E-state index >= 15 is 0 Å². The van der Waals surface area contributed by atoms with E-state index in [1.54, 1.807) is 0 Å². The lowest BCUT2D eigenvalue weighted by Crippen LogP contribution is -2.26. The van der Waals surface area contributed by atoms with Gasteiger partial charge in [-0.05, 0) is 37.0 Å². The second-order valence-corrected chi connectivity index (χ2v) is 6.78. The predicted molar refractivity (Wildman–Crippen MR) is 81.3 cm³/mol. The van der Waals surface area contributed by atoms with Gasteiger partial charge in [0.15, 0.2) is 0 Å². The van der Waals surface area contributed by atoms with Gasteiger partial charge in [-0.25, -0.2) is 0 Å². The number of ether oxygens (including phenoxy) is 2. The molecule has 4 nitrogen and oxygen atoms in total. The molecule has 5 heteroatoms. The van der Waals surface area contributed by atoms with Crippen molar-refractivity contribution in [3.05, 3.63) is 29.8 Å². The van der Waals surface area contributed by atoms with Gasteiger partial charge in [0.25, 0.3) is 0 Å². The molecule has 1 aliphatic heterocycles. The van der Waals surface area contributed by atoms with Crippen LogP contribution < -0.4 is 10.5 Å². The van der Waals surface area contributed by atoms with Crippen LogP contribution in [0.1, 0.15) is 24.8 Å². The van der Waals surface area contributed by atoms with Gasteiger partial charge in [-0.2, -0.15) is 0 Å². The Labute approximate surface area is 123 Å². The largest absolute Gasteiger partial charge is 0.494 e. The van der Waals surface area contributed by atoms with Crippen LogP contribution in [0.2, 0.25) is 0 Å². The molecule has 1 aliphatic rings. The van der Waals surface area contributed by atoms with Gasteiger partial charge in [-0.3, -0.25) is 4.21 Å². The van der Waals surface area contributed by atoms with Crippen molar-refractivity contribution in [1.82, 2.24) is 0 Å². The molecule has 1 aromatic rings. The third-order valence-corrected chi connectivity index (χ3v) is 5.36. The van der Waals surface area contributed by atoms with Crippen molar-refractivity contribution in [2.45, 2.75) is 31.1 Å². The number of hydrogen-bond acceptors (Lipinski definition) is 4. The lowest BCUT2D eigenvalue weighted by Gasteiger charge is -2.21. The van der Waals surface area contributed by atoms with Gasteiger partial charge in [-0.15, -0.1) is 0 Å². The minimum Gasteiger partial charge on any atom is -0.494 e. The predicted octanol–water partition coefficient (Wildman–Crippen LogP) is 1.84. The summed E-state index contributed by atoms with van der Waals surface area (Å²) in [7, 11) is -0.746. The molecule has 1 heterocycles. The first kappa shape index (κ1) is 15.5. The summed E-state index contributed by atoms with van der Waals surface area (Å²) in [6.07, 6.45) is 2.67. The minimum atomic E-state index is -0.746. The fourth-order valence-corrected chi connectivity index (χ4v) is 3.67. The van der Waals surface area contributed by atoms with Crippen molar-refractivity contribution in [2.75, 3.05) is 25.6 Å². The number of hydrogen-bond donors (Lipinski definition) is 1. The van der Waals surface area contributed by atoms with E-state index in [-0.39, 0.29) is 0 Å². The fraction of sp³-hybridized carbons (Fsp3) is 0.600. The highest BCUT2D eigenvalue weighted by atomic mass is 32.2. The molecule has 20 heavy (non-hydrogen) atoms. The van der Waals surface area contributed by atoms with Crippen LogP contribution in [-0.2, 0) is 22.1 Å². The van der Waals surface area contributed by atoms with Gasteiger partial charge in [-0.1, -0.05) is 12.1 Å². The first-order valence-electron chi connectivity index (χ1n) is 7.16. The molecule has 0 amide bonds. The Morgan fingerprint density at radius 1 is 1.25 bits per heavy atom. The molecule has 0 spiro atoms. The van der Waals surface area contributed by atoms with Gasteiger partial charge >= 0.3 is 0 Å². The van der Waals surface area contributed by atoms with Crippen LogP contribution in [0.3, 0.4) is 0 Å². The highest BCUT2D eigenvalue weighted by Crippen LogP contribution is 2.15. The van der Waals surface area contributed by atoms with E-state index in [9.17, 15) is 4.21 Å². The second kappa shape index (κ2) is 8.39. The molecule has 2 rings (SSSR count). The van der Waals surface area contributed by atoms with Crippen molar-refractivity contribution in [2.24, 2.45) is 5.73 Å². The van der Waals surface area contributed by atoms with E-state index < -0.39 is 10.8 Å². The lowest BCUT2D eigenvalue weighted by molar-refractivity contribution is 0.0992. The summed E-state index contributed by atoms with van der Waals surface area (Å²) in [5.41, 5.74) is 6.64. The van der Waals surface area contributed by atoms with Gasteiger partial charge in [0.05, 0.1) is 6.61 Å². The normalized spacial score (nSPS) is 17.9. The fourth-order valence-electron chi connectivity index (χ4n) is 2.22. The van der Waals surface area contributed by atoms with Crippen molar-refractivity contribution in [1.29, 1.82) is 0 Å². The van der Waals surface area contributed by atoms with Crippen molar-refractivity contribution < 1.29 is 13.7 Å². The summed E-state index contributed by atoms with van der Waals surface area (Å²) in [5, 5.41) is 0.313. The summed E-state index contributed by atoms with van der Waals surface area (Å²) >= 11 is 0. The zero-order chi connectivity index (χ0) is 14.2. The molecule has 112 valence electrons. The Kier molecular flexibility index (Phi) is 6.50. The average Bonchev–Trinajstić information content (AvgIpc) is 2.53. The molecule has 2 N–H and O–H groups in total. The number of benzene rings is 1. The zero-order valence-corrected chi connectivity index (χ0v) is 12.6. The Balaban J connectivity index is 1.64. The van der Waals surface area contributed by atoms with Gasteiger partial charge in [0, 0.05) is 41.6 Å². The average molecular weight is 297 g/mol. The van der Waals surface area contributed by atoms with E-state index in [0.717, 1.165) is 43.8 Å². The van der Waals surface area contributed by atoms with Gasteiger partial charge < -0.3 is 15.2 Å². The first-order chi connectivity index (χ1) is 9.79. The highest BCUT2D eigenvalue weighted by Gasteiger charge is 2.19. The van der Waals surface area contributed by atoms with Gasteiger partial charge in [0.2, 0.25) is 0 Å². The van der Waals surface area contributed by atoms with Crippen LogP contribution in [-0.4, -0.2) is 35.0 Å². The SMILES string of the molecule is NCc1ccc(OCCCS(=O)C2CCOCC2)cc1. The maximum absolute atomic E-state index is 12.1. The number of nitrogens with two attached hydrogens (primary N) is 1. The van der Waals surface area contributed by atoms with Crippen LogP contribution in [0.5, 0.6) is 5.75 Å². The summed E-state index contributed by atoms with van der Waals surface area (Å²) in [6.45, 7) is 2.65. The van der Waals surface area contributed by atoms with Gasteiger partial charge in [0.1, 0.15) is 5.75 Å². The van der Waals surface area contributed by atoms with Crippen LogP contribution >= 0.6 is 0 Å². The topological polar surface area (TPSA) is 61.5 Å². The third kappa shape index (κ3) is 4.89. The van der Waals surface area contributed by atoms with Crippen molar-refractivity contribution in [3.8, 4) is 5.75 Å². The second-order valence-electron chi connectivity index (χ2n) is 4.95. The Morgan fingerprint density at radius 2 is 1.95 bits per heavy atom. The monoisotopic (exact) mass is 297 g/mol. The van der Waals surface area contributed by atoms with E-state index in [1.165, 1.54) is 0 Å². The molecule has 0 bridgehead atoms. The number of rotatable bonds is 7. The molecule has 1 aromatic carbocycles. The van der Waals surface area contributed by atoms with Crippen LogP contribution in [0.15, 0.2) is 24.3 Å². The van der Waals surface area contributed by atoms with E-state index in [1.807, 2.05) is 24.3 Å². The van der Waals surface area contributed by atoms with E-state index in [4.69, 9.17) is 15.2 Å². The summed E-state index contributed by atoms with van der Waals surface area (Å²) in [6, 6.07) is 7.79. The smallest absolute Gasteiger partial charge is 0.119 e. The van der Waals surface area contributed by atoms with E-state index in [2.05, 4.69) is 0 Å². The highest BCUT2D eigenvalue weighted by molar-refractivity contribution is 7.85. The summed E-state index contributed by atoms with van der Waals surface area (Å²) in [5.74, 6) is 1.56. The molecule has 1 unspecified atom stereocenters. The standard InChI is InChI=1S/C15H23NO3S/c16-12-13-2-4-14(5-3-13)19-8-1-11-20(17)15-6-9-18-10-7-15/h2-5,15H,1,6-12,16H2. The maximum atomic E-state index is 12.1. The lowest BCUT2D eigenvalue weighted by atomic mass is 10.2. The minimum absolute atomic E-state index is 0.313. The zero-order valence-electron chi connectivity index (χ0n) is 11.8. The molecular formula is C15H23NO3S. The first-order valence-corrected chi connectivity index (χ1v) is 8.54. The molecule has 1 saturated heterocycles. The molecule has 0 saturated carbocycles. The van der Waals surface area contributed by atoms with Crippen LogP contribution in [0.4, 0.5) is 0 Å². The van der Waals surface area contributed by atoms with Crippen LogP contribution in [0, 0.1) is 0 Å².